The van der Waals surface area contributed by atoms with E-state index in [4.69, 9.17) is 16.3 Å². The van der Waals surface area contributed by atoms with Crippen molar-refractivity contribution in [1.82, 2.24) is 9.78 Å². The number of rotatable bonds is 5. The topological polar surface area (TPSA) is 90.3 Å². The number of para-hydroxylation sites is 1. The number of nitrogens with one attached hydrogen (secondary N) is 1. The molecule has 1 N–H and O–H groups in total. The Morgan fingerprint density at radius 2 is 2.04 bits per heavy atom. The number of amides is 1. The first-order chi connectivity index (χ1) is 11.4. The van der Waals surface area contributed by atoms with Crippen molar-refractivity contribution in [2.75, 3.05) is 11.9 Å². The SMILES string of the molecule is CCOC(=O)c1cc(C)nn(CC(=O)Nc2ccccc2Cl)c1=O. The highest BCUT2D eigenvalue weighted by molar-refractivity contribution is 6.33. The zero-order valence-corrected chi connectivity index (χ0v) is 14.0. The molecule has 0 radical (unpaired) electrons. The number of carbonyl (C=O) groups excluding carboxylic acids is 2. The maximum absolute atomic E-state index is 12.3. The molecule has 0 fully saturated rings. The van der Waals surface area contributed by atoms with Gasteiger partial charge < -0.3 is 10.1 Å². The second kappa shape index (κ2) is 7.74. The molecule has 1 heterocycles. The molecule has 2 rings (SSSR count). The molecular formula is C16H16ClN3O4. The molecule has 0 unspecified atom stereocenters. The molecule has 1 aromatic heterocycles. The minimum absolute atomic E-state index is 0.145. The molecule has 7 nitrogen and oxygen atoms in total. The molecule has 2 aromatic rings. The van der Waals surface area contributed by atoms with Gasteiger partial charge in [0, 0.05) is 0 Å². The van der Waals surface area contributed by atoms with Crippen LogP contribution >= 0.6 is 11.6 Å². The molecule has 0 aliphatic rings. The first-order valence-electron chi connectivity index (χ1n) is 7.22. The maximum atomic E-state index is 12.3. The molecule has 1 amide bonds. The second-order valence-electron chi connectivity index (χ2n) is 4.91. The summed E-state index contributed by atoms with van der Waals surface area (Å²) < 4.78 is 5.76. The van der Waals surface area contributed by atoms with Gasteiger partial charge in [0.15, 0.2) is 0 Å². The standard InChI is InChI=1S/C16H16ClN3O4/c1-3-24-16(23)11-8-10(2)19-20(15(11)22)9-14(21)18-13-7-5-4-6-12(13)17/h4-8H,3,9H2,1-2H3,(H,18,21). The summed E-state index contributed by atoms with van der Waals surface area (Å²) in [6.45, 7) is 3.05. The van der Waals surface area contributed by atoms with E-state index in [0.29, 0.717) is 16.4 Å². The number of hydrogen-bond acceptors (Lipinski definition) is 5. The van der Waals surface area contributed by atoms with Gasteiger partial charge in [-0.2, -0.15) is 5.10 Å². The van der Waals surface area contributed by atoms with E-state index in [1.165, 1.54) is 6.07 Å². The first-order valence-corrected chi connectivity index (χ1v) is 7.60. The predicted octanol–water partition coefficient (Wildman–Crippen LogP) is 2.02. The van der Waals surface area contributed by atoms with Gasteiger partial charge in [0.05, 0.1) is 23.0 Å². The summed E-state index contributed by atoms with van der Waals surface area (Å²) in [6.07, 6.45) is 0. The van der Waals surface area contributed by atoms with Gasteiger partial charge in [-0.05, 0) is 32.0 Å². The van der Waals surface area contributed by atoms with Crippen LogP contribution in [0.5, 0.6) is 0 Å². The Labute approximate surface area is 143 Å². The molecule has 1 aromatic carbocycles. The average molecular weight is 350 g/mol. The normalized spacial score (nSPS) is 10.3. The third-order valence-electron chi connectivity index (χ3n) is 3.03. The Kier molecular flexibility index (Phi) is 5.70. The van der Waals surface area contributed by atoms with Crippen LogP contribution in [0.15, 0.2) is 35.1 Å². The lowest BCUT2D eigenvalue weighted by Crippen LogP contribution is -2.34. The summed E-state index contributed by atoms with van der Waals surface area (Å²) in [5.41, 5.74) is 0.00179. The van der Waals surface area contributed by atoms with Gasteiger partial charge in [0.25, 0.3) is 5.56 Å². The van der Waals surface area contributed by atoms with Crippen LogP contribution in [0.25, 0.3) is 0 Å². The van der Waals surface area contributed by atoms with Crippen molar-refractivity contribution in [2.45, 2.75) is 20.4 Å². The van der Waals surface area contributed by atoms with E-state index < -0.39 is 17.4 Å². The molecule has 0 spiro atoms. The zero-order chi connectivity index (χ0) is 17.7. The molecule has 24 heavy (non-hydrogen) atoms. The summed E-state index contributed by atoms with van der Waals surface area (Å²) >= 11 is 5.97. The average Bonchev–Trinajstić information content (AvgIpc) is 2.53. The van der Waals surface area contributed by atoms with Gasteiger partial charge >= 0.3 is 5.97 Å². The van der Waals surface area contributed by atoms with E-state index in [1.54, 1.807) is 38.1 Å². The number of esters is 1. The summed E-state index contributed by atoms with van der Waals surface area (Å²) in [7, 11) is 0. The number of halogens is 1. The molecular weight excluding hydrogens is 334 g/mol. The van der Waals surface area contributed by atoms with Gasteiger partial charge in [0.2, 0.25) is 5.91 Å². The van der Waals surface area contributed by atoms with Crippen LogP contribution in [0, 0.1) is 6.92 Å². The Bertz CT molecular complexity index is 832. The minimum atomic E-state index is -0.742. The van der Waals surface area contributed by atoms with Gasteiger partial charge in [-0.1, -0.05) is 23.7 Å². The van der Waals surface area contributed by atoms with Crippen LogP contribution in [0.1, 0.15) is 23.0 Å². The Morgan fingerprint density at radius 3 is 2.71 bits per heavy atom. The number of aromatic nitrogens is 2. The first kappa shape index (κ1) is 17.7. The monoisotopic (exact) mass is 349 g/mol. The highest BCUT2D eigenvalue weighted by Crippen LogP contribution is 2.20. The molecule has 0 saturated heterocycles. The fraction of sp³-hybridized carbons (Fsp3) is 0.250. The van der Waals surface area contributed by atoms with Crippen LogP contribution < -0.4 is 10.9 Å². The number of hydrogen-bond donors (Lipinski definition) is 1. The van der Waals surface area contributed by atoms with Gasteiger partial charge in [-0.15, -0.1) is 0 Å². The molecule has 0 atom stereocenters. The summed E-state index contributed by atoms with van der Waals surface area (Å²) in [6, 6.07) is 8.06. The lowest BCUT2D eigenvalue weighted by atomic mass is 10.2. The Morgan fingerprint density at radius 1 is 1.33 bits per heavy atom. The van der Waals surface area contributed by atoms with Crippen molar-refractivity contribution >= 4 is 29.2 Å². The van der Waals surface area contributed by atoms with Gasteiger partial charge in [-0.25, -0.2) is 9.48 Å². The van der Waals surface area contributed by atoms with E-state index in [-0.39, 0.29) is 18.7 Å². The second-order valence-corrected chi connectivity index (χ2v) is 5.32. The number of nitrogens with zero attached hydrogens (tertiary/aromatic N) is 2. The molecule has 0 bridgehead atoms. The van der Waals surface area contributed by atoms with E-state index in [9.17, 15) is 14.4 Å². The smallest absolute Gasteiger partial charge is 0.343 e. The fourth-order valence-corrected chi connectivity index (χ4v) is 2.21. The van der Waals surface area contributed by atoms with Crippen LogP contribution in [0.4, 0.5) is 5.69 Å². The van der Waals surface area contributed by atoms with E-state index >= 15 is 0 Å². The molecule has 8 heteroatoms. The van der Waals surface area contributed by atoms with Gasteiger partial charge in [0.1, 0.15) is 12.1 Å². The highest BCUT2D eigenvalue weighted by Gasteiger charge is 2.17. The number of aryl methyl sites for hydroxylation is 1. The van der Waals surface area contributed by atoms with Crippen LogP contribution in [-0.4, -0.2) is 28.3 Å². The Hall–Kier alpha value is -2.67. The van der Waals surface area contributed by atoms with E-state index in [2.05, 4.69) is 10.4 Å². The van der Waals surface area contributed by atoms with Gasteiger partial charge in [-0.3, -0.25) is 9.59 Å². The Balaban J connectivity index is 2.23. The lowest BCUT2D eigenvalue weighted by Gasteiger charge is -2.10. The fourth-order valence-electron chi connectivity index (χ4n) is 2.02. The number of anilines is 1. The van der Waals surface area contributed by atoms with Crippen LogP contribution in [0.3, 0.4) is 0 Å². The number of benzene rings is 1. The maximum Gasteiger partial charge on any atom is 0.343 e. The summed E-state index contributed by atoms with van der Waals surface area (Å²) in [4.78, 5) is 36.2. The number of carbonyl (C=O) groups is 2. The van der Waals surface area contributed by atoms with Crippen molar-refractivity contribution in [1.29, 1.82) is 0 Å². The predicted molar refractivity (Wildman–Crippen MR) is 89.3 cm³/mol. The molecule has 126 valence electrons. The minimum Gasteiger partial charge on any atom is -0.462 e. The largest absolute Gasteiger partial charge is 0.462 e. The van der Waals surface area contributed by atoms with Crippen molar-refractivity contribution in [2.24, 2.45) is 0 Å². The summed E-state index contributed by atoms with van der Waals surface area (Å²) in [5.74, 6) is -1.23. The van der Waals surface area contributed by atoms with Crippen molar-refractivity contribution in [3.8, 4) is 0 Å². The van der Waals surface area contributed by atoms with Crippen molar-refractivity contribution < 1.29 is 14.3 Å². The highest BCUT2D eigenvalue weighted by atomic mass is 35.5. The van der Waals surface area contributed by atoms with E-state index in [0.717, 1.165) is 4.68 Å². The van der Waals surface area contributed by atoms with Crippen LogP contribution in [-0.2, 0) is 16.1 Å². The van der Waals surface area contributed by atoms with Crippen LogP contribution in [0.2, 0.25) is 5.02 Å². The van der Waals surface area contributed by atoms with E-state index in [1.807, 2.05) is 0 Å². The third kappa shape index (κ3) is 4.20. The van der Waals surface area contributed by atoms with Crippen molar-refractivity contribution in [3.63, 3.8) is 0 Å². The molecule has 0 aliphatic carbocycles. The lowest BCUT2D eigenvalue weighted by molar-refractivity contribution is -0.117. The number of ether oxygens (including phenoxy) is 1. The summed E-state index contributed by atoms with van der Waals surface area (Å²) in [5, 5.41) is 6.95. The molecule has 0 saturated carbocycles. The quantitative estimate of drug-likeness (QED) is 0.834. The zero-order valence-electron chi connectivity index (χ0n) is 13.2. The third-order valence-corrected chi connectivity index (χ3v) is 3.36. The van der Waals surface area contributed by atoms with Crippen molar-refractivity contribution in [3.05, 3.63) is 57.0 Å². The molecule has 0 aliphatic heterocycles.